The molecular formula is C18H24N2O3. The molecule has 2 aromatic rings. The van der Waals surface area contributed by atoms with Gasteiger partial charge < -0.3 is 18.9 Å². The van der Waals surface area contributed by atoms with Gasteiger partial charge in [-0.1, -0.05) is 6.92 Å². The van der Waals surface area contributed by atoms with Gasteiger partial charge in [0, 0.05) is 24.7 Å². The first-order valence-corrected chi connectivity index (χ1v) is 8.14. The second kappa shape index (κ2) is 6.62. The molecule has 0 bridgehead atoms. The molecule has 1 unspecified atom stereocenters. The van der Waals surface area contributed by atoms with Gasteiger partial charge >= 0.3 is 0 Å². The zero-order chi connectivity index (χ0) is 16.4. The van der Waals surface area contributed by atoms with E-state index < -0.39 is 0 Å². The minimum absolute atomic E-state index is 0.0402. The lowest BCUT2D eigenvalue weighted by atomic mass is 10.1. The molecule has 1 aromatic heterocycles. The number of likely N-dealkylation sites (tertiary alicyclic amines) is 1. The molecule has 5 nitrogen and oxygen atoms in total. The van der Waals surface area contributed by atoms with Gasteiger partial charge in [-0.15, -0.1) is 0 Å². The van der Waals surface area contributed by atoms with Gasteiger partial charge in [-0.05, 0) is 43.6 Å². The van der Waals surface area contributed by atoms with Crippen LogP contribution < -0.4 is 15.0 Å². The molecule has 1 aliphatic heterocycles. The van der Waals surface area contributed by atoms with E-state index in [4.69, 9.17) is 9.47 Å². The molecule has 0 amide bonds. The minimum atomic E-state index is 0.0402. The summed E-state index contributed by atoms with van der Waals surface area (Å²) in [6, 6.07) is 5.56. The highest BCUT2D eigenvalue weighted by Crippen LogP contribution is 2.33. The summed E-state index contributed by atoms with van der Waals surface area (Å²) in [5, 5.41) is 1.48. The van der Waals surface area contributed by atoms with Crippen molar-refractivity contribution in [3.8, 4) is 11.5 Å². The van der Waals surface area contributed by atoms with Crippen molar-refractivity contribution in [1.29, 1.82) is 0 Å². The van der Waals surface area contributed by atoms with E-state index in [0.29, 0.717) is 22.8 Å². The van der Waals surface area contributed by atoms with Crippen LogP contribution >= 0.6 is 0 Å². The maximum absolute atomic E-state index is 12.8. The largest absolute Gasteiger partial charge is 0.493 e. The van der Waals surface area contributed by atoms with Crippen molar-refractivity contribution in [2.75, 3.05) is 33.9 Å². The summed E-state index contributed by atoms with van der Waals surface area (Å²) in [6.45, 7) is 6.26. The van der Waals surface area contributed by atoms with Gasteiger partial charge in [0.1, 0.15) is 0 Å². The highest BCUT2D eigenvalue weighted by atomic mass is 16.5. The van der Waals surface area contributed by atoms with Gasteiger partial charge in [-0.3, -0.25) is 4.79 Å². The molecule has 0 aliphatic carbocycles. The highest BCUT2D eigenvalue weighted by molar-refractivity contribution is 5.90. The molecule has 0 saturated carbocycles. The lowest BCUT2D eigenvalue weighted by Crippen LogP contribution is -2.26. The molecule has 5 heteroatoms. The van der Waals surface area contributed by atoms with Crippen LogP contribution in [0.2, 0.25) is 0 Å². The molecule has 124 valence electrons. The third-order valence-electron chi connectivity index (χ3n) is 4.77. The Morgan fingerprint density at radius 1 is 1.17 bits per heavy atom. The van der Waals surface area contributed by atoms with E-state index in [9.17, 15) is 4.79 Å². The van der Waals surface area contributed by atoms with Crippen LogP contribution in [0.4, 0.5) is 0 Å². The summed E-state index contributed by atoms with van der Waals surface area (Å²) in [5.41, 5.74) is 0.0402. The number of rotatable bonds is 5. The van der Waals surface area contributed by atoms with Crippen molar-refractivity contribution >= 4 is 10.8 Å². The van der Waals surface area contributed by atoms with Gasteiger partial charge in [0.25, 0.3) is 5.56 Å². The lowest BCUT2D eigenvalue weighted by Gasteiger charge is -2.16. The van der Waals surface area contributed by atoms with E-state index in [1.54, 1.807) is 20.3 Å². The van der Waals surface area contributed by atoms with Crippen molar-refractivity contribution in [3.63, 3.8) is 0 Å². The second-order valence-electron chi connectivity index (χ2n) is 6.08. The Morgan fingerprint density at radius 3 is 2.65 bits per heavy atom. The van der Waals surface area contributed by atoms with E-state index in [2.05, 4.69) is 11.8 Å². The van der Waals surface area contributed by atoms with Crippen molar-refractivity contribution in [1.82, 2.24) is 9.47 Å². The predicted octanol–water partition coefficient (Wildman–Crippen LogP) is 2.36. The third kappa shape index (κ3) is 2.93. The summed E-state index contributed by atoms with van der Waals surface area (Å²) in [7, 11) is 3.20. The Balaban J connectivity index is 1.95. The van der Waals surface area contributed by atoms with Crippen molar-refractivity contribution in [2.45, 2.75) is 19.9 Å². The number of pyridine rings is 1. The quantitative estimate of drug-likeness (QED) is 0.849. The number of methoxy groups -OCH3 is 2. The molecular weight excluding hydrogens is 292 g/mol. The molecule has 2 heterocycles. The molecule has 1 aliphatic rings. The molecule has 0 spiro atoms. The maximum Gasteiger partial charge on any atom is 0.258 e. The fourth-order valence-corrected chi connectivity index (χ4v) is 3.46. The van der Waals surface area contributed by atoms with Gasteiger partial charge in [-0.2, -0.15) is 0 Å². The number of hydrogen-bond donors (Lipinski definition) is 0. The molecule has 0 radical (unpaired) electrons. The fraction of sp³-hybridized carbons (Fsp3) is 0.500. The number of nitrogens with zero attached hydrogens (tertiary/aromatic N) is 2. The number of benzene rings is 1. The smallest absolute Gasteiger partial charge is 0.258 e. The summed E-state index contributed by atoms with van der Waals surface area (Å²) in [5.74, 6) is 1.81. The topological polar surface area (TPSA) is 43.7 Å². The molecule has 1 fully saturated rings. The molecule has 23 heavy (non-hydrogen) atoms. The monoisotopic (exact) mass is 316 g/mol. The summed E-state index contributed by atoms with van der Waals surface area (Å²) < 4.78 is 12.6. The van der Waals surface area contributed by atoms with Crippen LogP contribution in [-0.2, 0) is 6.54 Å². The Bertz CT molecular complexity index is 754. The Morgan fingerprint density at radius 2 is 2.00 bits per heavy atom. The van der Waals surface area contributed by atoms with E-state index in [-0.39, 0.29) is 5.56 Å². The van der Waals surface area contributed by atoms with E-state index in [1.807, 2.05) is 22.9 Å². The minimum Gasteiger partial charge on any atom is -0.493 e. The Kier molecular flexibility index (Phi) is 4.57. The average Bonchev–Trinajstić information content (AvgIpc) is 3.04. The highest BCUT2D eigenvalue weighted by Gasteiger charge is 2.22. The maximum atomic E-state index is 12.8. The molecule has 3 rings (SSSR count). The molecule has 1 saturated heterocycles. The van der Waals surface area contributed by atoms with Crippen LogP contribution in [0.1, 0.15) is 13.3 Å². The van der Waals surface area contributed by atoms with Gasteiger partial charge in [0.2, 0.25) is 0 Å². The van der Waals surface area contributed by atoms with E-state index in [1.165, 1.54) is 0 Å². The number of hydrogen-bond acceptors (Lipinski definition) is 4. The van der Waals surface area contributed by atoms with E-state index in [0.717, 1.165) is 38.0 Å². The second-order valence-corrected chi connectivity index (χ2v) is 6.08. The standard InChI is InChI=1S/C18H24N2O3/c1-4-19-9-7-13(11-19)12-20-10-8-14-15(18(20)21)5-6-16(22-2)17(14)23-3/h5-6,8,10,13H,4,7,9,11-12H2,1-3H3. The zero-order valence-electron chi connectivity index (χ0n) is 14.0. The Hall–Kier alpha value is -2.01. The van der Waals surface area contributed by atoms with Crippen molar-refractivity contribution < 1.29 is 9.47 Å². The number of fused-ring (bicyclic) bond motifs is 1. The number of ether oxygens (including phenoxy) is 2. The van der Waals surface area contributed by atoms with Crippen LogP contribution in [0.15, 0.2) is 29.2 Å². The first-order chi connectivity index (χ1) is 11.2. The van der Waals surface area contributed by atoms with Crippen molar-refractivity contribution in [3.05, 3.63) is 34.7 Å². The number of aromatic nitrogens is 1. The normalized spacial score (nSPS) is 18.5. The molecule has 1 atom stereocenters. The third-order valence-corrected chi connectivity index (χ3v) is 4.77. The molecule has 1 aromatic carbocycles. The van der Waals surface area contributed by atoms with Crippen LogP contribution in [-0.4, -0.2) is 43.3 Å². The van der Waals surface area contributed by atoms with Crippen LogP contribution in [0.3, 0.4) is 0 Å². The van der Waals surface area contributed by atoms with Crippen LogP contribution in [0.25, 0.3) is 10.8 Å². The SMILES string of the molecule is CCN1CCC(Cn2ccc3c(OC)c(OC)ccc3c2=O)C1. The van der Waals surface area contributed by atoms with Crippen LogP contribution in [0.5, 0.6) is 11.5 Å². The molecule has 0 N–H and O–H groups in total. The van der Waals surface area contributed by atoms with Gasteiger partial charge in [0.15, 0.2) is 11.5 Å². The zero-order valence-corrected chi connectivity index (χ0v) is 14.0. The predicted molar refractivity (Wildman–Crippen MR) is 91.5 cm³/mol. The summed E-state index contributed by atoms with van der Waals surface area (Å²) in [6.07, 6.45) is 3.03. The summed E-state index contributed by atoms with van der Waals surface area (Å²) in [4.78, 5) is 15.2. The van der Waals surface area contributed by atoms with Gasteiger partial charge in [0.05, 0.1) is 19.6 Å². The fourth-order valence-electron chi connectivity index (χ4n) is 3.46. The average molecular weight is 316 g/mol. The van der Waals surface area contributed by atoms with Crippen LogP contribution in [0, 0.1) is 5.92 Å². The van der Waals surface area contributed by atoms with E-state index >= 15 is 0 Å². The lowest BCUT2D eigenvalue weighted by molar-refractivity contribution is 0.332. The summed E-state index contributed by atoms with van der Waals surface area (Å²) >= 11 is 0. The van der Waals surface area contributed by atoms with Crippen molar-refractivity contribution in [2.24, 2.45) is 5.92 Å². The Labute approximate surface area is 136 Å². The first kappa shape index (κ1) is 15.9. The van der Waals surface area contributed by atoms with Gasteiger partial charge in [-0.25, -0.2) is 0 Å². The first-order valence-electron chi connectivity index (χ1n) is 8.14.